The Labute approximate surface area is 153 Å². The van der Waals surface area contributed by atoms with Crippen LogP contribution in [0.3, 0.4) is 0 Å². The molecule has 0 atom stereocenters. The number of hydrogen-bond acceptors (Lipinski definition) is 0. The molecule has 0 spiro atoms. The lowest BCUT2D eigenvalue weighted by atomic mass is 9.78. The van der Waals surface area contributed by atoms with Gasteiger partial charge < -0.3 is 0 Å². The fourth-order valence-corrected chi connectivity index (χ4v) is 4.10. The fraction of sp³-hybridized carbons (Fsp3) is 0.250. The number of benzene rings is 3. The van der Waals surface area contributed by atoms with Crippen LogP contribution in [-0.2, 0) is 0 Å². The quantitative estimate of drug-likeness (QED) is 0.437. The summed E-state index contributed by atoms with van der Waals surface area (Å²) in [4.78, 5) is 0. The van der Waals surface area contributed by atoms with Crippen molar-refractivity contribution in [2.45, 2.75) is 31.6 Å². The maximum absolute atomic E-state index is 15.0. The second-order valence-corrected chi connectivity index (χ2v) is 7.26. The molecule has 0 amide bonds. The zero-order valence-electron chi connectivity index (χ0n) is 14.7. The van der Waals surface area contributed by atoms with Crippen LogP contribution in [0.1, 0.15) is 37.2 Å². The molecule has 0 saturated heterocycles. The minimum atomic E-state index is -0.314. The van der Waals surface area contributed by atoms with Gasteiger partial charge >= 0.3 is 0 Å². The number of hydrogen-bond donors (Lipinski definition) is 0. The molecule has 0 radical (unpaired) electrons. The predicted octanol–water partition coefficient (Wildman–Crippen LogP) is 7.24. The smallest absolute Gasteiger partial charge is 0.138 e. The third-order valence-electron chi connectivity index (χ3n) is 5.71. The standard InChI is InChI=1S/C24H22F2/c1-2-16-3-5-17(6-4-16)19-9-13-23-20(15-19)10-14-22(24(23)26)18-7-11-21(25)12-8-18/h2,7-17H,1,3-6H2/t16-,17-. The van der Waals surface area contributed by atoms with E-state index in [1.54, 1.807) is 18.2 Å². The molecule has 1 aliphatic rings. The Morgan fingerprint density at radius 1 is 0.846 bits per heavy atom. The van der Waals surface area contributed by atoms with E-state index in [9.17, 15) is 4.39 Å². The maximum Gasteiger partial charge on any atom is 0.138 e. The van der Waals surface area contributed by atoms with Gasteiger partial charge in [0.15, 0.2) is 0 Å². The van der Waals surface area contributed by atoms with E-state index in [4.69, 9.17) is 0 Å². The summed E-state index contributed by atoms with van der Waals surface area (Å²) < 4.78 is 28.1. The van der Waals surface area contributed by atoms with Crippen LogP contribution >= 0.6 is 0 Å². The van der Waals surface area contributed by atoms with E-state index in [-0.39, 0.29) is 11.6 Å². The highest BCUT2D eigenvalue weighted by atomic mass is 19.1. The summed E-state index contributed by atoms with van der Waals surface area (Å²) >= 11 is 0. The molecule has 0 bridgehead atoms. The van der Waals surface area contributed by atoms with E-state index in [0.29, 0.717) is 28.3 Å². The highest BCUT2D eigenvalue weighted by Crippen LogP contribution is 2.38. The first-order valence-electron chi connectivity index (χ1n) is 9.26. The summed E-state index contributed by atoms with van der Waals surface area (Å²) in [6.45, 7) is 3.91. The first-order valence-corrected chi connectivity index (χ1v) is 9.26. The lowest BCUT2D eigenvalue weighted by Crippen LogP contribution is -2.11. The van der Waals surface area contributed by atoms with E-state index in [2.05, 4.69) is 24.8 Å². The summed E-state index contributed by atoms with van der Waals surface area (Å²) in [5.74, 6) is 0.639. The van der Waals surface area contributed by atoms with Crippen LogP contribution in [0.5, 0.6) is 0 Å². The molecule has 2 heteroatoms. The lowest BCUT2D eigenvalue weighted by Gasteiger charge is -2.27. The van der Waals surface area contributed by atoms with Gasteiger partial charge in [-0.05, 0) is 66.2 Å². The van der Waals surface area contributed by atoms with Crippen LogP contribution in [0, 0.1) is 17.6 Å². The van der Waals surface area contributed by atoms with Gasteiger partial charge in [-0.3, -0.25) is 0 Å². The van der Waals surface area contributed by atoms with Crippen LogP contribution in [-0.4, -0.2) is 0 Å². The molecule has 0 heterocycles. The summed E-state index contributed by atoms with van der Waals surface area (Å²) in [7, 11) is 0. The lowest BCUT2D eigenvalue weighted by molar-refractivity contribution is 0.376. The van der Waals surface area contributed by atoms with E-state index < -0.39 is 0 Å². The van der Waals surface area contributed by atoms with Crippen LogP contribution < -0.4 is 0 Å². The van der Waals surface area contributed by atoms with Crippen LogP contribution in [0.2, 0.25) is 0 Å². The molecular weight excluding hydrogens is 326 g/mol. The normalized spacial score (nSPS) is 20.2. The zero-order valence-corrected chi connectivity index (χ0v) is 14.7. The highest BCUT2D eigenvalue weighted by Gasteiger charge is 2.21. The molecule has 132 valence electrons. The molecular formula is C24H22F2. The Bertz CT molecular complexity index is 932. The molecule has 0 aliphatic heterocycles. The van der Waals surface area contributed by atoms with Gasteiger partial charge in [0.2, 0.25) is 0 Å². The monoisotopic (exact) mass is 348 g/mol. The molecule has 0 nitrogen and oxygen atoms in total. The molecule has 3 aromatic carbocycles. The second-order valence-electron chi connectivity index (χ2n) is 7.26. The Morgan fingerprint density at radius 2 is 1.58 bits per heavy atom. The van der Waals surface area contributed by atoms with Crippen molar-refractivity contribution in [2.24, 2.45) is 5.92 Å². The topological polar surface area (TPSA) is 0 Å². The maximum atomic E-state index is 15.0. The van der Waals surface area contributed by atoms with Crippen molar-refractivity contribution in [1.29, 1.82) is 0 Å². The predicted molar refractivity (Wildman–Crippen MR) is 104 cm³/mol. The molecule has 26 heavy (non-hydrogen) atoms. The number of rotatable bonds is 3. The zero-order chi connectivity index (χ0) is 18.1. The van der Waals surface area contributed by atoms with Gasteiger partial charge in [0.25, 0.3) is 0 Å². The average Bonchev–Trinajstić information content (AvgIpc) is 2.69. The summed E-state index contributed by atoms with van der Waals surface area (Å²) in [5.41, 5.74) is 2.50. The van der Waals surface area contributed by atoms with Crippen molar-refractivity contribution >= 4 is 10.8 Å². The van der Waals surface area contributed by atoms with E-state index >= 15 is 4.39 Å². The highest BCUT2D eigenvalue weighted by molar-refractivity contribution is 5.88. The van der Waals surface area contributed by atoms with E-state index in [1.165, 1.54) is 43.4 Å². The summed E-state index contributed by atoms with van der Waals surface area (Å²) in [6.07, 6.45) is 6.77. The molecule has 4 rings (SSSR count). The number of allylic oxidation sites excluding steroid dienone is 1. The van der Waals surface area contributed by atoms with Gasteiger partial charge in [-0.15, -0.1) is 6.58 Å². The van der Waals surface area contributed by atoms with Gasteiger partial charge in [-0.25, -0.2) is 8.78 Å². The van der Waals surface area contributed by atoms with Gasteiger partial charge in [-0.1, -0.05) is 48.5 Å². The van der Waals surface area contributed by atoms with Crippen molar-refractivity contribution < 1.29 is 8.78 Å². The number of halogens is 2. The van der Waals surface area contributed by atoms with Crippen molar-refractivity contribution in [1.82, 2.24) is 0 Å². The average molecular weight is 348 g/mol. The molecule has 0 aromatic heterocycles. The van der Waals surface area contributed by atoms with Gasteiger partial charge in [0.05, 0.1) is 0 Å². The van der Waals surface area contributed by atoms with E-state index in [0.717, 1.165) is 5.39 Å². The molecule has 3 aromatic rings. The third kappa shape index (κ3) is 3.16. The fourth-order valence-electron chi connectivity index (χ4n) is 4.10. The van der Waals surface area contributed by atoms with Crippen molar-refractivity contribution in [3.05, 3.63) is 84.5 Å². The minimum Gasteiger partial charge on any atom is -0.207 e. The third-order valence-corrected chi connectivity index (χ3v) is 5.71. The minimum absolute atomic E-state index is 0.240. The molecule has 1 fully saturated rings. The SMILES string of the molecule is C=C[C@H]1CC[C@H](c2ccc3c(F)c(-c4ccc(F)cc4)ccc3c2)CC1. The van der Waals surface area contributed by atoms with Gasteiger partial charge in [-0.2, -0.15) is 0 Å². The van der Waals surface area contributed by atoms with Crippen LogP contribution in [0.15, 0.2) is 67.3 Å². The summed E-state index contributed by atoms with van der Waals surface area (Å²) in [6, 6.07) is 15.8. The van der Waals surface area contributed by atoms with Crippen LogP contribution in [0.25, 0.3) is 21.9 Å². The van der Waals surface area contributed by atoms with Gasteiger partial charge in [0.1, 0.15) is 11.6 Å². The Kier molecular flexibility index (Phi) is 4.58. The first kappa shape index (κ1) is 17.0. The Balaban J connectivity index is 1.67. The summed E-state index contributed by atoms with van der Waals surface area (Å²) in [5, 5.41) is 1.55. The molecule has 1 aliphatic carbocycles. The first-order chi connectivity index (χ1) is 12.7. The van der Waals surface area contributed by atoms with Crippen molar-refractivity contribution in [3.8, 4) is 11.1 Å². The van der Waals surface area contributed by atoms with Crippen molar-refractivity contribution in [3.63, 3.8) is 0 Å². The molecule has 0 N–H and O–H groups in total. The second kappa shape index (κ2) is 7.03. The van der Waals surface area contributed by atoms with Gasteiger partial charge in [0, 0.05) is 10.9 Å². The van der Waals surface area contributed by atoms with E-state index in [1.807, 2.05) is 12.1 Å². The van der Waals surface area contributed by atoms with Crippen LogP contribution in [0.4, 0.5) is 8.78 Å². The Hall–Kier alpha value is -2.48. The Morgan fingerprint density at radius 3 is 2.27 bits per heavy atom. The molecule has 1 saturated carbocycles. The largest absolute Gasteiger partial charge is 0.207 e. The number of fused-ring (bicyclic) bond motifs is 1. The van der Waals surface area contributed by atoms with Crippen molar-refractivity contribution in [2.75, 3.05) is 0 Å². The molecule has 0 unspecified atom stereocenters.